The van der Waals surface area contributed by atoms with Gasteiger partial charge in [-0.25, -0.2) is 9.89 Å². The van der Waals surface area contributed by atoms with Crippen molar-refractivity contribution in [3.05, 3.63) is 58.8 Å². The van der Waals surface area contributed by atoms with Crippen molar-refractivity contribution in [2.24, 2.45) is 0 Å². The second kappa shape index (κ2) is 5.16. The van der Waals surface area contributed by atoms with E-state index in [4.69, 9.17) is 0 Å². The van der Waals surface area contributed by atoms with Gasteiger partial charge in [0, 0.05) is 12.7 Å². The fourth-order valence-electron chi connectivity index (χ4n) is 2.10. The molecule has 6 nitrogen and oxygen atoms in total. The molecule has 2 heterocycles. The van der Waals surface area contributed by atoms with Gasteiger partial charge in [-0.05, 0) is 12.5 Å². The van der Waals surface area contributed by atoms with Gasteiger partial charge in [0.1, 0.15) is 0 Å². The number of aromatic amines is 1. The molecule has 0 aliphatic rings. The molecule has 6 heteroatoms. The normalized spacial score (nSPS) is 10.8. The number of aromatic nitrogens is 5. The first-order chi connectivity index (χ1) is 9.78. The lowest BCUT2D eigenvalue weighted by Gasteiger charge is -2.04. The summed E-state index contributed by atoms with van der Waals surface area (Å²) in [4.78, 5) is 11.9. The van der Waals surface area contributed by atoms with E-state index in [1.54, 1.807) is 15.4 Å². The summed E-state index contributed by atoms with van der Waals surface area (Å²) in [6.07, 6.45) is 3.61. The minimum Gasteiger partial charge on any atom is -0.272 e. The maximum atomic E-state index is 11.9. The van der Waals surface area contributed by atoms with E-state index in [0.717, 1.165) is 17.7 Å². The molecule has 0 saturated carbocycles. The number of hydrogen-bond donors (Lipinski definition) is 1. The van der Waals surface area contributed by atoms with Crippen LogP contribution >= 0.6 is 0 Å². The Labute approximate surface area is 115 Å². The quantitative estimate of drug-likeness (QED) is 0.780. The number of H-pyrrole nitrogens is 1. The van der Waals surface area contributed by atoms with E-state index < -0.39 is 0 Å². The van der Waals surface area contributed by atoms with Crippen molar-refractivity contribution in [2.45, 2.75) is 20.0 Å². The molecule has 0 bridgehead atoms. The minimum absolute atomic E-state index is 0.215. The highest BCUT2D eigenvalue weighted by atomic mass is 16.1. The van der Waals surface area contributed by atoms with Crippen LogP contribution < -0.4 is 5.69 Å². The Morgan fingerprint density at radius 1 is 1.25 bits per heavy atom. The van der Waals surface area contributed by atoms with E-state index in [1.807, 2.05) is 43.5 Å². The molecule has 0 radical (unpaired) electrons. The highest BCUT2D eigenvalue weighted by molar-refractivity contribution is 5.52. The monoisotopic (exact) mass is 269 g/mol. The van der Waals surface area contributed by atoms with Crippen molar-refractivity contribution in [1.29, 1.82) is 0 Å². The second-order valence-corrected chi connectivity index (χ2v) is 4.51. The first kappa shape index (κ1) is 12.4. The van der Waals surface area contributed by atoms with Crippen LogP contribution in [0.5, 0.6) is 0 Å². The molecule has 0 aliphatic heterocycles. The summed E-state index contributed by atoms with van der Waals surface area (Å²) in [6, 6.07) is 9.83. The Hall–Kier alpha value is -2.63. The molecule has 0 fully saturated rings. The largest absolute Gasteiger partial charge is 0.343 e. The first-order valence-electron chi connectivity index (χ1n) is 6.50. The van der Waals surface area contributed by atoms with Gasteiger partial charge in [-0.3, -0.25) is 9.25 Å². The Kier molecular flexibility index (Phi) is 3.20. The second-order valence-electron chi connectivity index (χ2n) is 4.51. The van der Waals surface area contributed by atoms with Crippen molar-refractivity contribution in [3.8, 4) is 11.4 Å². The topological polar surface area (TPSA) is 68.5 Å². The maximum absolute atomic E-state index is 11.9. The Morgan fingerprint density at radius 3 is 2.75 bits per heavy atom. The van der Waals surface area contributed by atoms with Crippen LogP contribution in [0.25, 0.3) is 11.4 Å². The number of benzene rings is 1. The van der Waals surface area contributed by atoms with E-state index in [0.29, 0.717) is 12.4 Å². The highest BCUT2D eigenvalue weighted by Crippen LogP contribution is 2.15. The fraction of sp³-hybridized carbons (Fsp3) is 0.214. The Morgan fingerprint density at radius 2 is 2.05 bits per heavy atom. The lowest BCUT2D eigenvalue weighted by molar-refractivity contribution is 0.660. The fourth-order valence-corrected chi connectivity index (χ4v) is 2.10. The SMILES string of the molecule is CCn1cc(-c2n[nH]c(=O)n2Cc2ccccc2)cn1. The molecule has 0 saturated heterocycles. The number of nitrogens with one attached hydrogen (secondary N) is 1. The van der Waals surface area contributed by atoms with E-state index in [2.05, 4.69) is 15.3 Å². The molecule has 102 valence electrons. The van der Waals surface area contributed by atoms with Gasteiger partial charge in [0.2, 0.25) is 0 Å². The Bertz CT molecular complexity index is 753. The van der Waals surface area contributed by atoms with Gasteiger partial charge in [0.15, 0.2) is 5.82 Å². The summed E-state index contributed by atoms with van der Waals surface area (Å²) < 4.78 is 3.42. The standard InChI is InChI=1S/C14H15N5O/c1-2-18-10-12(8-15-18)13-16-17-14(20)19(13)9-11-6-4-3-5-7-11/h3-8,10H,2,9H2,1H3,(H,17,20). The van der Waals surface area contributed by atoms with Crippen LogP contribution in [-0.2, 0) is 13.1 Å². The van der Waals surface area contributed by atoms with Crippen LogP contribution in [0, 0.1) is 0 Å². The van der Waals surface area contributed by atoms with Gasteiger partial charge in [-0.2, -0.15) is 10.2 Å². The van der Waals surface area contributed by atoms with Crippen LogP contribution in [0.3, 0.4) is 0 Å². The van der Waals surface area contributed by atoms with Crippen LogP contribution in [-0.4, -0.2) is 24.5 Å². The molecule has 0 unspecified atom stereocenters. The first-order valence-corrected chi connectivity index (χ1v) is 6.50. The predicted octanol–water partition coefficient (Wildman–Crippen LogP) is 1.50. The van der Waals surface area contributed by atoms with Gasteiger partial charge >= 0.3 is 5.69 Å². The maximum Gasteiger partial charge on any atom is 0.343 e. The van der Waals surface area contributed by atoms with Crippen LogP contribution in [0.2, 0.25) is 0 Å². The number of hydrogen-bond acceptors (Lipinski definition) is 3. The van der Waals surface area contributed by atoms with Gasteiger partial charge in [0.05, 0.1) is 18.3 Å². The zero-order chi connectivity index (χ0) is 13.9. The number of nitrogens with zero attached hydrogens (tertiary/aromatic N) is 4. The van der Waals surface area contributed by atoms with Gasteiger partial charge < -0.3 is 0 Å². The van der Waals surface area contributed by atoms with Gasteiger partial charge in [-0.1, -0.05) is 30.3 Å². The molecule has 0 amide bonds. The zero-order valence-corrected chi connectivity index (χ0v) is 11.2. The van der Waals surface area contributed by atoms with E-state index in [9.17, 15) is 4.79 Å². The molecule has 20 heavy (non-hydrogen) atoms. The Balaban J connectivity index is 1.99. The van der Waals surface area contributed by atoms with Crippen molar-refractivity contribution in [1.82, 2.24) is 24.5 Å². The number of rotatable bonds is 4. The van der Waals surface area contributed by atoms with E-state index >= 15 is 0 Å². The average Bonchev–Trinajstić information content (AvgIpc) is 3.08. The van der Waals surface area contributed by atoms with Crippen molar-refractivity contribution < 1.29 is 0 Å². The molecule has 1 aromatic carbocycles. The summed E-state index contributed by atoms with van der Waals surface area (Å²) in [5.74, 6) is 0.610. The van der Waals surface area contributed by atoms with E-state index in [1.165, 1.54) is 0 Å². The van der Waals surface area contributed by atoms with E-state index in [-0.39, 0.29) is 5.69 Å². The third-order valence-electron chi connectivity index (χ3n) is 3.16. The molecule has 1 N–H and O–H groups in total. The van der Waals surface area contributed by atoms with Crippen molar-refractivity contribution in [3.63, 3.8) is 0 Å². The third-order valence-corrected chi connectivity index (χ3v) is 3.16. The molecular weight excluding hydrogens is 254 g/mol. The van der Waals surface area contributed by atoms with Gasteiger partial charge in [-0.15, -0.1) is 0 Å². The predicted molar refractivity (Wildman–Crippen MR) is 75.3 cm³/mol. The number of aryl methyl sites for hydroxylation is 1. The molecule has 3 rings (SSSR count). The van der Waals surface area contributed by atoms with Gasteiger partial charge in [0.25, 0.3) is 0 Å². The lowest BCUT2D eigenvalue weighted by Crippen LogP contribution is -2.18. The molecule has 3 aromatic rings. The van der Waals surface area contributed by atoms with Crippen LogP contribution in [0.4, 0.5) is 0 Å². The zero-order valence-electron chi connectivity index (χ0n) is 11.2. The summed E-state index contributed by atoms with van der Waals surface area (Å²) in [5, 5.41) is 10.8. The smallest absolute Gasteiger partial charge is 0.272 e. The van der Waals surface area contributed by atoms with Crippen LogP contribution in [0.1, 0.15) is 12.5 Å². The molecule has 0 aliphatic carbocycles. The molecule has 0 spiro atoms. The summed E-state index contributed by atoms with van der Waals surface area (Å²) in [7, 11) is 0. The summed E-state index contributed by atoms with van der Waals surface area (Å²) >= 11 is 0. The van der Waals surface area contributed by atoms with Crippen molar-refractivity contribution >= 4 is 0 Å². The third kappa shape index (κ3) is 2.27. The van der Waals surface area contributed by atoms with Crippen LogP contribution in [0.15, 0.2) is 47.5 Å². The average molecular weight is 269 g/mol. The van der Waals surface area contributed by atoms with Crippen molar-refractivity contribution in [2.75, 3.05) is 0 Å². The highest BCUT2D eigenvalue weighted by Gasteiger charge is 2.12. The summed E-state index contributed by atoms with van der Waals surface area (Å²) in [6.45, 7) is 3.29. The molecule has 0 atom stereocenters. The lowest BCUT2D eigenvalue weighted by atomic mass is 10.2. The molecular formula is C14H15N5O. The molecule has 2 aromatic heterocycles. The summed E-state index contributed by atoms with van der Waals surface area (Å²) in [5.41, 5.74) is 1.68. The minimum atomic E-state index is -0.215.